The Morgan fingerprint density at radius 2 is 1.42 bits per heavy atom. The van der Waals surface area contributed by atoms with Crippen molar-refractivity contribution in [2.45, 2.75) is 46.5 Å². The Bertz CT molecular complexity index is 484. The van der Waals surface area contributed by atoms with E-state index in [9.17, 15) is 9.59 Å². The smallest absolute Gasteiger partial charge is 0.311 e. The summed E-state index contributed by atoms with van der Waals surface area (Å²) < 4.78 is 10.6. The maximum Gasteiger partial charge on any atom is 0.311 e. The second-order valence-electron chi connectivity index (χ2n) is 9.38. The van der Waals surface area contributed by atoms with Crippen molar-refractivity contribution < 1.29 is 24.2 Å². The number of aliphatic hydroxyl groups excluding tert-OH is 1. The van der Waals surface area contributed by atoms with E-state index < -0.39 is 11.4 Å². The molecule has 8 heteroatoms. The second-order valence-corrected chi connectivity index (χ2v) is 9.38. The summed E-state index contributed by atoms with van der Waals surface area (Å²) in [6.07, 6.45) is 3.11. The van der Waals surface area contributed by atoms with Crippen LogP contribution in [-0.2, 0) is 19.1 Å². The van der Waals surface area contributed by atoms with Crippen LogP contribution in [0.25, 0.3) is 0 Å². The Kier molecular flexibility index (Phi) is 15.8. The number of ether oxygens (including phenoxy) is 2. The molecule has 0 aliphatic heterocycles. The molecule has 0 amide bonds. The van der Waals surface area contributed by atoms with Gasteiger partial charge in [0, 0.05) is 6.54 Å². The van der Waals surface area contributed by atoms with E-state index in [0.717, 1.165) is 39.0 Å². The highest BCUT2D eigenvalue weighted by atomic mass is 16.5. The Hall–Kier alpha value is -1.22. The maximum absolute atomic E-state index is 12.6. The number of hydrogen-bond acceptors (Lipinski definition) is 8. The number of carbonyl (C=O) groups is 2. The van der Waals surface area contributed by atoms with E-state index in [1.807, 2.05) is 6.92 Å². The zero-order chi connectivity index (χ0) is 23.9. The quantitative estimate of drug-likeness (QED) is 0.319. The van der Waals surface area contributed by atoms with E-state index in [0.29, 0.717) is 26.0 Å². The van der Waals surface area contributed by atoms with Crippen molar-refractivity contribution in [3.05, 3.63) is 0 Å². The van der Waals surface area contributed by atoms with Gasteiger partial charge in [0.2, 0.25) is 0 Å². The Labute approximate surface area is 189 Å². The van der Waals surface area contributed by atoms with E-state index >= 15 is 0 Å². The molecule has 0 rings (SSSR count). The van der Waals surface area contributed by atoms with Gasteiger partial charge in [-0.15, -0.1) is 0 Å². The molecule has 0 aromatic rings. The first-order valence-electron chi connectivity index (χ1n) is 11.5. The van der Waals surface area contributed by atoms with Crippen molar-refractivity contribution in [2.75, 3.05) is 80.7 Å². The molecule has 0 fully saturated rings. The van der Waals surface area contributed by atoms with Crippen molar-refractivity contribution in [3.8, 4) is 0 Å². The molecule has 0 aliphatic rings. The van der Waals surface area contributed by atoms with Gasteiger partial charge in [-0.3, -0.25) is 14.5 Å². The highest BCUT2D eigenvalue weighted by molar-refractivity contribution is 5.78. The third-order valence-corrected chi connectivity index (χ3v) is 5.27. The predicted molar refractivity (Wildman–Crippen MR) is 124 cm³/mol. The molecular formula is C23H47N3O5. The molecule has 8 nitrogen and oxygen atoms in total. The molecule has 1 atom stereocenters. The molecule has 31 heavy (non-hydrogen) atoms. The van der Waals surface area contributed by atoms with Gasteiger partial charge >= 0.3 is 11.9 Å². The van der Waals surface area contributed by atoms with Crippen LogP contribution in [0.4, 0.5) is 0 Å². The zero-order valence-corrected chi connectivity index (χ0v) is 21.0. The van der Waals surface area contributed by atoms with Crippen molar-refractivity contribution in [1.82, 2.24) is 14.7 Å². The minimum atomic E-state index is -0.806. The minimum absolute atomic E-state index is 0.0268. The van der Waals surface area contributed by atoms with Gasteiger partial charge in [0.05, 0.1) is 17.9 Å². The van der Waals surface area contributed by atoms with E-state index in [1.165, 1.54) is 0 Å². The fraction of sp³-hybridized carbons (Fsp3) is 0.913. The summed E-state index contributed by atoms with van der Waals surface area (Å²) in [5.41, 5.74) is -0.806. The van der Waals surface area contributed by atoms with Crippen LogP contribution in [0, 0.1) is 11.3 Å². The lowest BCUT2D eigenvalue weighted by atomic mass is 9.81. The number of nitrogens with zero attached hydrogens (tertiary/aromatic N) is 3. The lowest BCUT2D eigenvalue weighted by molar-refractivity contribution is -0.158. The number of aliphatic hydroxyl groups is 1. The molecule has 0 heterocycles. The highest BCUT2D eigenvalue weighted by Crippen LogP contribution is 2.29. The molecule has 0 spiro atoms. The first-order valence-corrected chi connectivity index (χ1v) is 11.5. The molecule has 0 saturated carbocycles. The van der Waals surface area contributed by atoms with Gasteiger partial charge in [-0.1, -0.05) is 6.92 Å². The van der Waals surface area contributed by atoms with Crippen LogP contribution in [0.1, 0.15) is 46.5 Å². The fourth-order valence-corrected chi connectivity index (χ4v) is 3.38. The van der Waals surface area contributed by atoms with Gasteiger partial charge in [0.1, 0.15) is 13.2 Å². The van der Waals surface area contributed by atoms with Gasteiger partial charge in [-0.25, -0.2) is 0 Å². The summed E-state index contributed by atoms with van der Waals surface area (Å²) in [6, 6.07) is 0. The van der Waals surface area contributed by atoms with E-state index in [4.69, 9.17) is 14.6 Å². The molecule has 0 radical (unpaired) electrons. The molecule has 184 valence electrons. The van der Waals surface area contributed by atoms with E-state index in [-0.39, 0.29) is 25.1 Å². The largest absolute Gasteiger partial charge is 0.464 e. The highest BCUT2D eigenvalue weighted by Gasteiger charge is 2.35. The van der Waals surface area contributed by atoms with Crippen LogP contribution in [0.15, 0.2) is 0 Å². The number of esters is 2. The lowest BCUT2D eigenvalue weighted by Gasteiger charge is -2.27. The molecule has 0 aliphatic carbocycles. The first kappa shape index (κ1) is 29.8. The number of hydrogen-bond donors (Lipinski definition) is 1. The summed E-state index contributed by atoms with van der Waals surface area (Å²) in [5.74, 6) is -1.01. The summed E-state index contributed by atoms with van der Waals surface area (Å²) in [5, 5.41) is 8.84. The van der Waals surface area contributed by atoms with Crippen molar-refractivity contribution in [1.29, 1.82) is 0 Å². The Balaban J connectivity index is 4.62. The minimum Gasteiger partial charge on any atom is -0.464 e. The van der Waals surface area contributed by atoms with Gasteiger partial charge in [-0.05, 0) is 93.9 Å². The van der Waals surface area contributed by atoms with Crippen LogP contribution in [0.3, 0.4) is 0 Å². The Morgan fingerprint density at radius 3 is 1.87 bits per heavy atom. The van der Waals surface area contributed by atoms with Crippen LogP contribution in [-0.4, -0.2) is 112 Å². The normalized spacial score (nSPS) is 13.1. The molecule has 0 bridgehead atoms. The molecule has 1 N–H and O–H groups in total. The van der Waals surface area contributed by atoms with Gasteiger partial charge in [0.15, 0.2) is 0 Å². The molecule has 0 saturated heterocycles. The first-order chi connectivity index (χ1) is 14.5. The SMILES string of the molecule is CCC(CC(C)(C)C(=O)OCCO)C(=O)OCCN(CCCN(C)C)CCCN(C)C. The monoisotopic (exact) mass is 445 g/mol. The standard InChI is InChI=1S/C23H47N3O5/c1-8-20(19-23(2,3)22(29)31-18-16-27)21(28)30-17-15-26(13-9-11-24(4)5)14-10-12-25(6)7/h20,27H,8-19H2,1-7H3. The average Bonchev–Trinajstić information content (AvgIpc) is 2.69. The van der Waals surface area contributed by atoms with E-state index in [2.05, 4.69) is 42.9 Å². The summed E-state index contributed by atoms with van der Waals surface area (Å²) >= 11 is 0. The molecular weight excluding hydrogens is 398 g/mol. The van der Waals surface area contributed by atoms with Gasteiger partial charge in [0.25, 0.3) is 0 Å². The summed E-state index contributed by atoms with van der Waals surface area (Å²) in [7, 11) is 8.29. The summed E-state index contributed by atoms with van der Waals surface area (Å²) in [4.78, 5) is 31.5. The lowest BCUT2D eigenvalue weighted by Crippen LogP contribution is -2.35. The van der Waals surface area contributed by atoms with Gasteiger partial charge in [-0.2, -0.15) is 0 Å². The summed E-state index contributed by atoms with van der Waals surface area (Å²) in [6.45, 7) is 10.3. The average molecular weight is 446 g/mol. The van der Waals surface area contributed by atoms with Crippen molar-refractivity contribution in [3.63, 3.8) is 0 Å². The topological polar surface area (TPSA) is 82.5 Å². The van der Waals surface area contributed by atoms with Gasteiger partial charge < -0.3 is 24.4 Å². The third kappa shape index (κ3) is 14.5. The second kappa shape index (κ2) is 16.4. The van der Waals surface area contributed by atoms with Crippen molar-refractivity contribution in [2.24, 2.45) is 11.3 Å². The zero-order valence-electron chi connectivity index (χ0n) is 21.0. The molecule has 1 unspecified atom stereocenters. The van der Waals surface area contributed by atoms with E-state index in [1.54, 1.807) is 13.8 Å². The number of carbonyl (C=O) groups excluding carboxylic acids is 2. The van der Waals surface area contributed by atoms with Crippen LogP contribution < -0.4 is 0 Å². The third-order valence-electron chi connectivity index (χ3n) is 5.27. The van der Waals surface area contributed by atoms with Crippen LogP contribution in [0.5, 0.6) is 0 Å². The fourth-order valence-electron chi connectivity index (χ4n) is 3.38. The van der Waals surface area contributed by atoms with Crippen LogP contribution >= 0.6 is 0 Å². The molecule has 0 aromatic heterocycles. The Morgan fingerprint density at radius 1 is 0.871 bits per heavy atom. The molecule has 0 aromatic carbocycles. The van der Waals surface area contributed by atoms with Crippen molar-refractivity contribution >= 4 is 11.9 Å². The maximum atomic E-state index is 12.6. The predicted octanol–water partition coefficient (Wildman–Crippen LogP) is 1.71. The van der Waals surface area contributed by atoms with Crippen LogP contribution in [0.2, 0.25) is 0 Å². The number of rotatable bonds is 18.